The largest absolute Gasteiger partial charge is 0.497 e. The van der Waals surface area contributed by atoms with Gasteiger partial charge in [0.25, 0.3) is 11.8 Å². The Morgan fingerprint density at radius 3 is 2.34 bits per heavy atom. The Bertz CT molecular complexity index is 1090. The summed E-state index contributed by atoms with van der Waals surface area (Å²) in [6.45, 7) is 2.55. The van der Waals surface area contributed by atoms with Crippen LogP contribution in [0.5, 0.6) is 5.75 Å². The van der Waals surface area contributed by atoms with Crippen LogP contribution in [0.15, 0.2) is 71.3 Å². The smallest absolute Gasteiger partial charge is 0.256 e. The molecule has 3 aromatic rings. The number of nitrogens with zero attached hydrogens (tertiary/aromatic N) is 3. The minimum Gasteiger partial charge on any atom is -0.497 e. The summed E-state index contributed by atoms with van der Waals surface area (Å²) in [7, 11) is 1.58. The second-order valence-electron chi connectivity index (χ2n) is 7.34. The van der Waals surface area contributed by atoms with Crippen molar-refractivity contribution in [2.75, 3.05) is 43.5 Å². The third-order valence-electron chi connectivity index (χ3n) is 5.36. The Labute approximate surface area is 195 Å². The maximum Gasteiger partial charge on any atom is 0.256 e. The molecular formula is C24H23BrN4O3. The molecule has 7 nitrogen and oxygen atoms in total. The average molecular weight is 495 g/mol. The van der Waals surface area contributed by atoms with Crippen molar-refractivity contribution >= 4 is 39.2 Å². The number of carbonyl (C=O) groups excluding carboxylic acids is 2. The summed E-state index contributed by atoms with van der Waals surface area (Å²) in [5.41, 5.74) is 1.46. The number of para-hydroxylation sites is 1. The molecule has 0 bridgehead atoms. The fourth-order valence-electron chi connectivity index (χ4n) is 3.58. The third kappa shape index (κ3) is 4.91. The van der Waals surface area contributed by atoms with Crippen molar-refractivity contribution in [1.29, 1.82) is 0 Å². The lowest BCUT2D eigenvalue weighted by atomic mass is 10.1. The van der Waals surface area contributed by atoms with E-state index >= 15 is 0 Å². The summed E-state index contributed by atoms with van der Waals surface area (Å²) in [5.74, 6) is 1.19. The number of aromatic nitrogens is 1. The number of hydrogen-bond donors (Lipinski definition) is 1. The molecule has 0 spiro atoms. The molecule has 2 aromatic carbocycles. The highest BCUT2D eigenvalue weighted by Crippen LogP contribution is 2.22. The number of amides is 2. The van der Waals surface area contributed by atoms with Gasteiger partial charge in [-0.25, -0.2) is 4.98 Å². The molecule has 0 aliphatic carbocycles. The fourth-order valence-corrected chi connectivity index (χ4v) is 3.81. The summed E-state index contributed by atoms with van der Waals surface area (Å²) in [5, 5.41) is 2.87. The monoisotopic (exact) mass is 494 g/mol. The Morgan fingerprint density at radius 2 is 1.69 bits per heavy atom. The lowest BCUT2D eigenvalue weighted by Crippen LogP contribution is -2.49. The molecule has 1 aromatic heterocycles. The van der Waals surface area contributed by atoms with Crippen molar-refractivity contribution in [1.82, 2.24) is 9.88 Å². The highest BCUT2D eigenvalue weighted by Gasteiger charge is 2.25. The zero-order valence-corrected chi connectivity index (χ0v) is 19.2. The highest BCUT2D eigenvalue weighted by atomic mass is 79.9. The van der Waals surface area contributed by atoms with Crippen molar-refractivity contribution in [3.63, 3.8) is 0 Å². The Hall–Kier alpha value is -3.39. The number of hydrogen-bond acceptors (Lipinski definition) is 5. The molecule has 164 valence electrons. The van der Waals surface area contributed by atoms with Gasteiger partial charge in [-0.1, -0.05) is 12.1 Å². The maximum absolute atomic E-state index is 13.2. The summed E-state index contributed by atoms with van der Waals surface area (Å²) >= 11 is 3.40. The maximum atomic E-state index is 13.2. The van der Waals surface area contributed by atoms with Gasteiger partial charge >= 0.3 is 0 Å². The quantitative estimate of drug-likeness (QED) is 0.578. The van der Waals surface area contributed by atoms with Crippen LogP contribution in [0, 0.1) is 0 Å². The van der Waals surface area contributed by atoms with Gasteiger partial charge in [0.1, 0.15) is 11.6 Å². The minimum absolute atomic E-state index is 0.0981. The van der Waals surface area contributed by atoms with Crippen molar-refractivity contribution in [3.8, 4) is 5.75 Å². The van der Waals surface area contributed by atoms with E-state index in [4.69, 9.17) is 4.74 Å². The molecule has 0 unspecified atom stereocenters. The second-order valence-corrected chi connectivity index (χ2v) is 8.26. The van der Waals surface area contributed by atoms with Crippen LogP contribution in [0.2, 0.25) is 0 Å². The molecule has 0 saturated carbocycles. The molecule has 1 N–H and O–H groups in total. The van der Waals surface area contributed by atoms with E-state index in [2.05, 4.69) is 31.1 Å². The number of pyridine rings is 1. The van der Waals surface area contributed by atoms with Crippen LogP contribution in [0.1, 0.15) is 20.7 Å². The number of methoxy groups -OCH3 is 1. The SMILES string of the molecule is COc1ccc(C(=O)Nc2ccccc2C(=O)N2CCN(c3ccc(Br)cn3)CC2)cc1. The van der Waals surface area contributed by atoms with E-state index in [1.165, 1.54) is 0 Å². The van der Waals surface area contributed by atoms with Crippen LogP contribution in [0.4, 0.5) is 11.5 Å². The van der Waals surface area contributed by atoms with Gasteiger partial charge in [0.15, 0.2) is 0 Å². The molecule has 32 heavy (non-hydrogen) atoms. The molecule has 0 radical (unpaired) electrons. The molecule has 1 aliphatic heterocycles. The van der Waals surface area contributed by atoms with E-state index in [-0.39, 0.29) is 11.8 Å². The van der Waals surface area contributed by atoms with Crippen molar-refractivity contribution in [2.24, 2.45) is 0 Å². The van der Waals surface area contributed by atoms with E-state index in [1.807, 2.05) is 17.0 Å². The number of ether oxygens (including phenoxy) is 1. The normalized spacial score (nSPS) is 13.6. The number of piperazine rings is 1. The topological polar surface area (TPSA) is 74.8 Å². The lowest BCUT2D eigenvalue weighted by Gasteiger charge is -2.35. The Kier molecular flexibility index (Phi) is 6.70. The Morgan fingerprint density at radius 1 is 0.969 bits per heavy atom. The molecule has 2 heterocycles. The number of benzene rings is 2. The van der Waals surface area contributed by atoms with E-state index in [9.17, 15) is 9.59 Å². The van der Waals surface area contributed by atoms with Gasteiger partial charge < -0.3 is 19.9 Å². The van der Waals surface area contributed by atoms with Crippen LogP contribution in [-0.2, 0) is 0 Å². The van der Waals surface area contributed by atoms with E-state index < -0.39 is 0 Å². The first-order valence-corrected chi connectivity index (χ1v) is 11.0. The third-order valence-corrected chi connectivity index (χ3v) is 5.83. The van der Waals surface area contributed by atoms with Crippen molar-refractivity contribution in [3.05, 3.63) is 82.5 Å². The number of nitrogens with one attached hydrogen (secondary N) is 1. The van der Waals surface area contributed by atoms with Gasteiger partial charge in [-0.05, 0) is 64.5 Å². The molecule has 1 aliphatic rings. The first-order chi connectivity index (χ1) is 15.5. The summed E-state index contributed by atoms with van der Waals surface area (Å²) in [6, 6.07) is 17.9. The summed E-state index contributed by atoms with van der Waals surface area (Å²) < 4.78 is 6.07. The molecular weight excluding hydrogens is 472 g/mol. The first kappa shape index (κ1) is 21.8. The molecule has 1 fully saturated rings. The van der Waals surface area contributed by atoms with Crippen LogP contribution in [0.3, 0.4) is 0 Å². The predicted octanol–water partition coefficient (Wildman–Crippen LogP) is 4.07. The van der Waals surface area contributed by atoms with Gasteiger partial charge in [0, 0.05) is 42.4 Å². The van der Waals surface area contributed by atoms with Gasteiger partial charge in [0.05, 0.1) is 18.4 Å². The molecule has 2 amide bonds. The van der Waals surface area contributed by atoms with Gasteiger partial charge in [-0.2, -0.15) is 0 Å². The highest BCUT2D eigenvalue weighted by molar-refractivity contribution is 9.10. The number of carbonyl (C=O) groups is 2. The van der Waals surface area contributed by atoms with E-state index in [0.717, 1.165) is 10.3 Å². The number of rotatable bonds is 5. The molecule has 1 saturated heterocycles. The lowest BCUT2D eigenvalue weighted by molar-refractivity contribution is 0.0747. The van der Waals surface area contributed by atoms with Crippen LogP contribution >= 0.6 is 15.9 Å². The summed E-state index contributed by atoms with van der Waals surface area (Å²) in [6.07, 6.45) is 1.77. The van der Waals surface area contributed by atoms with Crippen molar-refractivity contribution in [2.45, 2.75) is 0 Å². The van der Waals surface area contributed by atoms with Gasteiger partial charge in [0.2, 0.25) is 0 Å². The standard InChI is InChI=1S/C24H23BrN4O3/c1-32-19-9-6-17(7-10-19)23(30)27-21-5-3-2-4-20(21)24(31)29-14-12-28(13-15-29)22-11-8-18(25)16-26-22/h2-11,16H,12-15H2,1H3,(H,27,30). The number of halogens is 1. The van der Waals surface area contributed by atoms with E-state index in [1.54, 1.807) is 61.8 Å². The number of anilines is 2. The van der Waals surface area contributed by atoms with Gasteiger partial charge in [-0.15, -0.1) is 0 Å². The fraction of sp³-hybridized carbons (Fsp3) is 0.208. The van der Waals surface area contributed by atoms with Crippen LogP contribution in [0.25, 0.3) is 0 Å². The Balaban J connectivity index is 1.43. The molecule has 0 atom stereocenters. The zero-order chi connectivity index (χ0) is 22.5. The molecule has 8 heteroatoms. The van der Waals surface area contributed by atoms with Gasteiger partial charge in [-0.3, -0.25) is 9.59 Å². The van der Waals surface area contributed by atoms with Crippen LogP contribution in [-0.4, -0.2) is 55.0 Å². The minimum atomic E-state index is -0.279. The summed E-state index contributed by atoms with van der Waals surface area (Å²) in [4.78, 5) is 34.3. The average Bonchev–Trinajstić information content (AvgIpc) is 2.84. The second kappa shape index (κ2) is 9.82. The molecule has 4 rings (SSSR count). The first-order valence-electron chi connectivity index (χ1n) is 10.3. The van der Waals surface area contributed by atoms with Crippen molar-refractivity contribution < 1.29 is 14.3 Å². The zero-order valence-electron chi connectivity index (χ0n) is 17.6. The predicted molar refractivity (Wildman–Crippen MR) is 127 cm³/mol. The van der Waals surface area contributed by atoms with E-state index in [0.29, 0.717) is 48.7 Å². The van der Waals surface area contributed by atoms with Crippen LogP contribution < -0.4 is 15.0 Å².